The first kappa shape index (κ1) is 14.3. The molecule has 0 radical (unpaired) electrons. The van der Waals surface area contributed by atoms with Crippen LogP contribution in [0.5, 0.6) is 5.75 Å². The number of rotatable bonds is 7. The quantitative estimate of drug-likeness (QED) is 0.792. The summed E-state index contributed by atoms with van der Waals surface area (Å²) < 4.78 is 25.3. The molecule has 0 spiro atoms. The summed E-state index contributed by atoms with van der Waals surface area (Å²) in [6.07, 6.45) is 4.49. The lowest BCUT2D eigenvalue weighted by molar-refractivity contribution is 0.190. The van der Waals surface area contributed by atoms with E-state index in [1.165, 1.54) is 19.2 Å². The number of benzene rings is 1. The number of anilines is 2. The van der Waals surface area contributed by atoms with Gasteiger partial charge >= 0.3 is 0 Å². The predicted molar refractivity (Wildman–Crippen MR) is 75.0 cm³/mol. The first-order valence-corrected chi connectivity index (χ1v) is 6.35. The molecule has 1 heterocycles. The molecule has 5 nitrogen and oxygen atoms in total. The summed E-state index contributed by atoms with van der Waals surface area (Å²) in [5.74, 6) is 0.790. The maximum Gasteiger partial charge on any atom is 0.207 e. The lowest BCUT2D eigenvalue weighted by atomic mass is 10.3. The van der Waals surface area contributed by atoms with E-state index in [2.05, 4.69) is 10.3 Å². The Morgan fingerprint density at radius 1 is 1.35 bits per heavy atom. The fourth-order valence-electron chi connectivity index (χ4n) is 1.88. The molecule has 0 bridgehead atoms. The highest BCUT2D eigenvalue weighted by Gasteiger charge is 2.08. The molecule has 0 aliphatic carbocycles. The number of halogens is 1. The lowest BCUT2D eigenvalue weighted by Crippen LogP contribution is -2.06. The molecule has 1 aromatic heterocycles. The fourth-order valence-corrected chi connectivity index (χ4v) is 1.88. The van der Waals surface area contributed by atoms with Crippen LogP contribution in [0.15, 0.2) is 30.6 Å². The Labute approximate surface area is 117 Å². The summed E-state index contributed by atoms with van der Waals surface area (Å²) in [5.41, 5.74) is 0.674. The third kappa shape index (κ3) is 3.48. The second-order valence-corrected chi connectivity index (χ2v) is 4.26. The van der Waals surface area contributed by atoms with Gasteiger partial charge in [0.05, 0.1) is 12.8 Å². The standard InChI is InChI=1S/C14H18FN3O2/c1-19-9-3-7-18-8-6-16-14(18)17-12-5-4-11(15)10-13(12)20-2/h4-6,8,10H,3,7,9H2,1-2H3,(H,16,17). The van der Waals surface area contributed by atoms with Crippen molar-refractivity contribution in [3.05, 3.63) is 36.4 Å². The van der Waals surface area contributed by atoms with Crippen LogP contribution in [0.2, 0.25) is 0 Å². The highest BCUT2D eigenvalue weighted by Crippen LogP contribution is 2.27. The van der Waals surface area contributed by atoms with Crippen LogP contribution in [-0.4, -0.2) is 30.4 Å². The van der Waals surface area contributed by atoms with Crippen molar-refractivity contribution in [2.24, 2.45) is 0 Å². The van der Waals surface area contributed by atoms with E-state index in [-0.39, 0.29) is 5.82 Å². The summed E-state index contributed by atoms with van der Waals surface area (Å²) >= 11 is 0. The van der Waals surface area contributed by atoms with E-state index in [9.17, 15) is 4.39 Å². The molecule has 6 heteroatoms. The van der Waals surface area contributed by atoms with Crippen molar-refractivity contribution in [2.75, 3.05) is 26.1 Å². The number of hydrogen-bond acceptors (Lipinski definition) is 4. The van der Waals surface area contributed by atoms with Crippen LogP contribution in [0.3, 0.4) is 0 Å². The molecule has 0 unspecified atom stereocenters. The van der Waals surface area contributed by atoms with Gasteiger partial charge in [0.2, 0.25) is 5.95 Å². The molecule has 20 heavy (non-hydrogen) atoms. The van der Waals surface area contributed by atoms with Crippen molar-refractivity contribution < 1.29 is 13.9 Å². The highest BCUT2D eigenvalue weighted by atomic mass is 19.1. The zero-order valence-corrected chi connectivity index (χ0v) is 11.6. The minimum Gasteiger partial charge on any atom is -0.494 e. The smallest absolute Gasteiger partial charge is 0.207 e. The van der Waals surface area contributed by atoms with Gasteiger partial charge in [-0.25, -0.2) is 9.37 Å². The molecule has 2 aromatic rings. The molecule has 0 saturated heterocycles. The molecule has 0 aliphatic heterocycles. The number of nitrogens with one attached hydrogen (secondary N) is 1. The third-order valence-corrected chi connectivity index (χ3v) is 2.87. The van der Waals surface area contributed by atoms with E-state index in [1.54, 1.807) is 19.4 Å². The molecule has 1 aromatic carbocycles. The maximum absolute atomic E-state index is 13.2. The number of hydrogen-bond donors (Lipinski definition) is 1. The van der Waals surface area contributed by atoms with Gasteiger partial charge in [-0.15, -0.1) is 0 Å². The summed E-state index contributed by atoms with van der Waals surface area (Å²) in [6.45, 7) is 1.48. The Kier molecular flexibility index (Phi) is 4.95. The van der Waals surface area contributed by atoms with Gasteiger partial charge in [-0.05, 0) is 18.6 Å². The number of aryl methyl sites for hydroxylation is 1. The van der Waals surface area contributed by atoms with Crippen LogP contribution >= 0.6 is 0 Å². The second kappa shape index (κ2) is 6.91. The van der Waals surface area contributed by atoms with Gasteiger partial charge in [0.1, 0.15) is 11.6 Å². The minimum atomic E-state index is -0.337. The van der Waals surface area contributed by atoms with Gasteiger partial charge in [-0.1, -0.05) is 0 Å². The van der Waals surface area contributed by atoms with Gasteiger partial charge in [0, 0.05) is 38.7 Å². The van der Waals surface area contributed by atoms with Crippen LogP contribution in [0, 0.1) is 5.82 Å². The minimum absolute atomic E-state index is 0.337. The number of ether oxygens (including phenoxy) is 2. The Morgan fingerprint density at radius 2 is 2.20 bits per heavy atom. The van der Waals surface area contributed by atoms with Crippen molar-refractivity contribution in [1.29, 1.82) is 0 Å². The Hall–Kier alpha value is -2.08. The van der Waals surface area contributed by atoms with Crippen LogP contribution in [-0.2, 0) is 11.3 Å². The average molecular weight is 279 g/mol. The normalized spacial score (nSPS) is 10.6. The van der Waals surface area contributed by atoms with Crippen LogP contribution in [0.25, 0.3) is 0 Å². The molecule has 0 amide bonds. The van der Waals surface area contributed by atoms with E-state index in [4.69, 9.17) is 9.47 Å². The van der Waals surface area contributed by atoms with Gasteiger partial charge in [-0.3, -0.25) is 0 Å². The predicted octanol–water partition coefficient (Wildman–Crippen LogP) is 2.81. The summed E-state index contributed by atoms with van der Waals surface area (Å²) in [4.78, 5) is 4.25. The topological polar surface area (TPSA) is 48.3 Å². The van der Waals surface area contributed by atoms with Crippen molar-refractivity contribution in [3.8, 4) is 5.75 Å². The van der Waals surface area contributed by atoms with E-state index in [0.717, 1.165) is 13.0 Å². The Bertz CT molecular complexity index is 557. The van der Waals surface area contributed by atoms with E-state index in [1.807, 2.05) is 10.8 Å². The van der Waals surface area contributed by atoms with E-state index < -0.39 is 0 Å². The molecular weight excluding hydrogens is 261 g/mol. The molecule has 0 aliphatic rings. The second-order valence-electron chi connectivity index (χ2n) is 4.26. The average Bonchev–Trinajstić information content (AvgIpc) is 2.88. The van der Waals surface area contributed by atoms with Crippen LogP contribution < -0.4 is 10.1 Å². The van der Waals surface area contributed by atoms with Crippen molar-refractivity contribution in [2.45, 2.75) is 13.0 Å². The van der Waals surface area contributed by atoms with Crippen LogP contribution in [0.4, 0.5) is 16.0 Å². The third-order valence-electron chi connectivity index (χ3n) is 2.87. The Balaban J connectivity index is 2.12. The van der Waals surface area contributed by atoms with Gasteiger partial charge in [0.25, 0.3) is 0 Å². The summed E-state index contributed by atoms with van der Waals surface area (Å²) in [7, 11) is 3.18. The molecule has 0 saturated carbocycles. The van der Waals surface area contributed by atoms with Crippen LogP contribution in [0.1, 0.15) is 6.42 Å². The fraction of sp³-hybridized carbons (Fsp3) is 0.357. The molecule has 1 N–H and O–H groups in total. The summed E-state index contributed by atoms with van der Waals surface area (Å²) in [5, 5.41) is 3.15. The van der Waals surface area contributed by atoms with Crippen molar-refractivity contribution >= 4 is 11.6 Å². The van der Waals surface area contributed by atoms with Gasteiger partial charge in [-0.2, -0.15) is 0 Å². The van der Waals surface area contributed by atoms with Crippen molar-refractivity contribution in [3.63, 3.8) is 0 Å². The zero-order chi connectivity index (χ0) is 14.4. The van der Waals surface area contributed by atoms with E-state index in [0.29, 0.717) is 24.0 Å². The Morgan fingerprint density at radius 3 is 2.95 bits per heavy atom. The first-order valence-electron chi connectivity index (χ1n) is 6.35. The molecule has 108 valence electrons. The monoisotopic (exact) mass is 279 g/mol. The van der Waals surface area contributed by atoms with E-state index >= 15 is 0 Å². The van der Waals surface area contributed by atoms with Gasteiger partial charge < -0.3 is 19.4 Å². The summed E-state index contributed by atoms with van der Waals surface area (Å²) in [6, 6.07) is 4.34. The SMILES string of the molecule is COCCCn1ccnc1Nc1ccc(F)cc1OC. The molecular formula is C14H18FN3O2. The maximum atomic E-state index is 13.2. The molecule has 0 fully saturated rings. The highest BCUT2D eigenvalue weighted by molar-refractivity contribution is 5.62. The number of imidazole rings is 1. The number of methoxy groups -OCH3 is 2. The van der Waals surface area contributed by atoms with Crippen molar-refractivity contribution in [1.82, 2.24) is 9.55 Å². The lowest BCUT2D eigenvalue weighted by Gasteiger charge is -2.12. The van der Waals surface area contributed by atoms with Gasteiger partial charge in [0.15, 0.2) is 0 Å². The number of nitrogens with zero attached hydrogens (tertiary/aromatic N) is 2. The first-order chi connectivity index (χ1) is 9.74. The largest absolute Gasteiger partial charge is 0.494 e. The number of aromatic nitrogens is 2. The zero-order valence-electron chi connectivity index (χ0n) is 11.6. The molecule has 0 atom stereocenters. The molecule has 2 rings (SSSR count).